The van der Waals surface area contributed by atoms with Crippen molar-refractivity contribution in [1.82, 2.24) is 0 Å². The first-order valence-electron chi connectivity index (χ1n) is 6.42. The van der Waals surface area contributed by atoms with Crippen LogP contribution >= 0.6 is 0 Å². The van der Waals surface area contributed by atoms with Gasteiger partial charge in [-0.3, -0.25) is 0 Å². The molecule has 2 saturated carbocycles. The molecule has 2 fully saturated rings. The molecule has 2 rings (SSSR count). The highest BCUT2D eigenvalue weighted by Gasteiger charge is 2.54. The molecule has 0 heterocycles. The van der Waals surface area contributed by atoms with Crippen molar-refractivity contribution in [2.75, 3.05) is 6.61 Å². The third kappa shape index (κ3) is 1.46. The number of hydrogen-bond donors (Lipinski definition) is 2. The lowest BCUT2D eigenvalue weighted by molar-refractivity contribution is -0.126. The van der Waals surface area contributed by atoms with E-state index in [1.807, 2.05) is 6.92 Å². The molecule has 2 aliphatic carbocycles. The summed E-state index contributed by atoms with van der Waals surface area (Å²) in [6.45, 7) is 8.63. The molecule has 2 nitrogen and oxygen atoms in total. The van der Waals surface area contributed by atoms with Crippen LogP contribution in [0, 0.1) is 16.7 Å². The maximum Gasteiger partial charge on any atom is 0.0619 e. The van der Waals surface area contributed by atoms with E-state index in [2.05, 4.69) is 13.5 Å². The van der Waals surface area contributed by atoms with Gasteiger partial charge in [-0.2, -0.15) is 0 Å². The van der Waals surface area contributed by atoms with E-state index in [1.165, 1.54) is 5.57 Å². The van der Waals surface area contributed by atoms with Crippen LogP contribution in [0.1, 0.15) is 46.0 Å². The van der Waals surface area contributed by atoms with E-state index in [4.69, 9.17) is 0 Å². The van der Waals surface area contributed by atoms with Crippen LogP contribution in [0.25, 0.3) is 0 Å². The molecule has 4 atom stereocenters. The molecule has 0 saturated heterocycles. The summed E-state index contributed by atoms with van der Waals surface area (Å²) in [5.41, 5.74) is 1.13. The van der Waals surface area contributed by atoms with Crippen molar-refractivity contribution in [3.05, 3.63) is 12.2 Å². The zero-order chi connectivity index (χ0) is 12.0. The van der Waals surface area contributed by atoms with Gasteiger partial charge in [0.15, 0.2) is 0 Å². The van der Waals surface area contributed by atoms with Crippen LogP contribution < -0.4 is 0 Å². The highest BCUT2D eigenvalue weighted by molar-refractivity contribution is 5.19. The summed E-state index contributed by atoms with van der Waals surface area (Å²) in [5.74, 6) is 0.384. The lowest BCUT2D eigenvalue weighted by Gasteiger charge is -2.57. The second-order valence-electron chi connectivity index (χ2n) is 6.18. The van der Waals surface area contributed by atoms with Gasteiger partial charge < -0.3 is 10.2 Å². The van der Waals surface area contributed by atoms with Crippen LogP contribution in [0.4, 0.5) is 0 Å². The Balaban J connectivity index is 2.37. The number of aliphatic hydroxyl groups is 2. The molecule has 0 amide bonds. The van der Waals surface area contributed by atoms with Gasteiger partial charge in [0.1, 0.15) is 0 Å². The predicted octanol–water partition coefficient (Wildman–Crippen LogP) is 2.50. The Morgan fingerprint density at radius 3 is 2.69 bits per heavy atom. The van der Waals surface area contributed by atoms with Crippen molar-refractivity contribution in [2.24, 2.45) is 16.7 Å². The molecule has 16 heavy (non-hydrogen) atoms. The van der Waals surface area contributed by atoms with Gasteiger partial charge in [-0.15, -0.1) is 0 Å². The highest BCUT2D eigenvalue weighted by atomic mass is 16.3. The van der Waals surface area contributed by atoms with E-state index in [1.54, 1.807) is 0 Å². The summed E-state index contributed by atoms with van der Waals surface area (Å²) in [6, 6.07) is 0. The number of hydrogen-bond acceptors (Lipinski definition) is 2. The Morgan fingerprint density at radius 2 is 2.06 bits per heavy atom. The first-order chi connectivity index (χ1) is 7.45. The average molecular weight is 224 g/mol. The summed E-state index contributed by atoms with van der Waals surface area (Å²) < 4.78 is 0. The van der Waals surface area contributed by atoms with Crippen molar-refractivity contribution in [2.45, 2.75) is 52.1 Å². The predicted molar refractivity (Wildman–Crippen MR) is 65.0 cm³/mol. The molecule has 2 N–H and O–H groups in total. The summed E-state index contributed by atoms with van der Waals surface area (Å²) in [6.07, 6.45) is 4.84. The molecule has 0 bridgehead atoms. The quantitative estimate of drug-likeness (QED) is 0.672. The Morgan fingerprint density at radius 1 is 1.38 bits per heavy atom. The molecule has 2 heteroatoms. The maximum atomic E-state index is 10.2. The molecular weight excluding hydrogens is 200 g/mol. The minimum absolute atomic E-state index is 0.0850. The standard InChI is InChI=1S/C14H24O2/c1-10-5-4-6-11-13(10,2)8-7-12(16)14(11,3)9-15/h11-12,15-16H,1,4-9H2,2-3H3/t11-,12+,13-,14+/m1/s1. The van der Waals surface area contributed by atoms with Crippen LogP contribution in [0.15, 0.2) is 12.2 Å². The van der Waals surface area contributed by atoms with Crippen LogP contribution in [-0.4, -0.2) is 22.9 Å². The summed E-state index contributed by atoms with van der Waals surface area (Å²) in [5, 5.41) is 19.8. The van der Waals surface area contributed by atoms with Crippen LogP contribution in [0.3, 0.4) is 0 Å². The van der Waals surface area contributed by atoms with Crippen LogP contribution in [0.2, 0.25) is 0 Å². The highest BCUT2D eigenvalue weighted by Crippen LogP contribution is 2.59. The lowest BCUT2D eigenvalue weighted by atomic mass is 9.49. The Bertz CT molecular complexity index is 299. The largest absolute Gasteiger partial charge is 0.396 e. The summed E-state index contributed by atoms with van der Waals surface area (Å²) in [4.78, 5) is 0. The van der Waals surface area contributed by atoms with Gasteiger partial charge in [-0.25, -0.2) is 0 Å². The fourth-order valence-electron chi connectivity index (χ4n) is 3.99. The van der Waals surface area contributed by atoms with Gasteiger partial charge >= 0.3 is 0 Å². The van der Waals surface area contributed by atoms with Crippen molar-refractivity contribution in [1.29, 1.82) is 0 Å². The fraction of sp³-hybridized carbons (Fsp3) is 0.857. The third-order valence-electron chi connectivity index (χ3n) is 5.38. The van der Waals surface area contributed by atoms with E-state index in [0.29, 0.717) is 5.92 Å². The molecular formula is C14H24O2. The van der Waals surface area contributed by atoms with Gasteiger partial charge in [-0.1, -0.05) is 26.0 Å². The SMILES string of the molecule is C=C1CCC[C@H]2[C@](C)(CO)[C@@H](O)CC[C@]12C. The fourth-order valence-corrected chi connectivity index (χ4v) is 3.99. The molecule has 92 valence electrons. The zero-order valence-corrected chi connectivity index (χ0v) is 10.5. The monoisotopic (exact) mass is 224 g/mol. The van der Waals surface area contributed by atoms with Crippen molar-refractivity contribution < 1.29 is 10.2 Å². The second kappa shape index (κ2) is 3.85. The van der Waals surface area contributed by atoms with Gasteiger partial charge in [0, 0.05) is 5.41 Å². The zero-order valence-electron chi connectivity index (χ0n) is 10.5. The van der Waals surface area contributed by atoms with Gasteiger partial charge in [0.05, 0.1) is 12.7 Å². The Labute approximate surface area is 98.4 Å². The first kappa shape index (κ1) is 12.1. The number of rotatable bonds is 1. The average Bonchev–Trinajstić information content (AvgIpc) is 2.27. The molecule has 0 aromatic carbocycles. The van der Waals surface area contributed by atoms with Gasteiger partial charge in [0.25, 0.3) is 0 Å². The first-order valence-corrected chi connectivity index (χ1v) is 6.42. The topological polar surface area (TPSA) is 40.5 Å². The molecule has 0 aliphatic heterocycles. The Kier molecular flexibility index (Phi) is 2.92. The van der Waals surface area contributed by atoms with E-state index < -0.39 is 0 Å². The van der Waals surface area contributed by atoms with E-state index >= 15 is 0 Å². The van der Waals surface area contributed by atoms with Crippen LogP contribution in [-0.2, 0) is 0 Å². The van der Waals surface area contributed by atoms with E-state index in [-0.39, 0.29) is 23.5 Å². The van der Waals surface area contributed by atoms with Crippen molar-refractivity contribution >= 4 is 0 Å². The van der Waals surface area contributed by atoms with E-state index in [0.717, 1.165) is 32.1 Å². The summed E-state index contributed by atoms with van der Waals surface area (Å²) in [7, 11) is 0. The van der Waals surface area contributed by atoms with Gasteiger partial charge in [0.2, 0.25) is 0 Å². The minimum Gasteiger partial charge on any atom is -0.396 e. The van der Waals surface area contributed by atoms with Crippen LogP contribution in [0.5, 0.6) is 0 Å². The molecule has 0 unspecified atom stereocenters. The molecule has 0 radical (unpaired) electrons. The molecule has 2 aliphatic rings. The second-order valence-corrected chi connectivity index (χ2v) is 6.18. The Hall–Kier alpha value is -0.340. The normalized spacial score (nSPS) is 48.9. The number of fused-ring (bicyclic) bond motifs is 1. The number of allylic oxidation sites excluding steroid dienone is 1. The number of aliphatic hydroxyl groups excluding tert-OH is 2. The lowest BCUT2D eigenvalue weighted by Crippen LogP contribution is -2.55. The third-order valence-corrected chi connectivity index (χ3v) is 5.38. The molecule has 0 aromatic rings. The minimum atomic E-state index is -0.360. The van der Waals surface area contributed by atoms with Crippen molar-refractivity contribution in [3.8, 4) is 0 Å². The van der Waals surface area contributed by atoms with Gasteiger partial charge in [-0.05, 0) is 43.4 Å². The maximum absolute atomic E-state index is 10.2. The summed E-state index contributed by atoms with van der Waals surface area (Å²) >= 11 is 0. The van der Waals surface area contributed by atoms with E-state index in [9.17, 15) is 10.2 Å². The smallest absolute Gasteiger partial charge is 0.0619 e. The van der Waals surface area contributed by atoms with Crippen molar-refractivity contribution in [3.63, 3.8) is 0 Å². The molecule has 0 spiro atoms. The molecule has 0 aromatic heterocycles.